The second kappa shape index (κ2) is 8.64. The molecule has 2 heterocycles. The Labute approximate surface area is 165 Å². The van der Waals surface area contributed by atoms with E-state index < -0.39 is 0 Å². The van der Waals surface area contributed by atoms with Crippen LogP contribution in [0.2, 0.25) is 0 Å². The Kier molecular flexibility index (Phi) is 6.41. The molecule has 0 aromatic rings. The fraction of sp³-hybridized carbons (Fsp3) is 1.00. The van der Waals surface area contributed by atoms with E-state index in [-0.39, 0.29) is 0 Å². The summed E-state index contributed by atoms with van der Waals surface area (Å²) in [6, 6.07) is 3.35. The lowest BCUT2D eigenvalue weighted by atomic mass is 9.85. The van der Waals surface area contributed by atoms with Crippen LogP contribution in [-0.2, 0) is 9.47 Å². The quantitative estimate of drug-likeness (QED) is 0.742. The van der Waals surface area contributed by atoms with E-state index in [0.29, 0.717) is 30.3 Å². The van der Waals surface area contributed by atoms with Crippen molar-refractivity contribution in [3.63, 3.8) is 0 Å². The van der Waals surface area contributed by atoms with Gasteiger partial charge in [-0.1, -0.05) is 0 Å². The molecule has 0 amide bonds. The van der Waals surface area contributed by atoms with Gasteiger partial charge < -0.3 is 19.7 Å². The van der Waals surface area contributed by atoms with Crippen LogP contribution in [0.5, 0.6) is 0 Å². The summed E-state index contributed by atoms with van der Waals surface area (Å²) in [6.07, 6.45) is 7.14. The molecule has 0 aromatic carbocycles. The minimum atomic E-state index is 0.495. The first-order chi connectivity index (χ1) is 13.1. The summed E-state index contributed by atoms with van der Waals surface area (Å²) in [7, 11) is 6.03. The van der Waals surface area contributed by atoms with Gasteiger partial charge in [-0.25, -0.2) is 0 Å². The number of rotatable bonds is 6. The van der Waals surface area contributed by atoms with E-state index in [1.54, 1.807) is 0 Å². The predicted molar refractivity (Wildman–Crippen MR) is 108 cm³/mol. The van der Waals surface area contributed by atoms with Gasteiger partial charge in [-0.3, -0.25) is 9.80 Å². The Morgan fingerprint density at radius 3 is 2.11 bits per heavy atom. The molecule has 0 radical (unpaired) electrons. The molecule has 4 aliphatic rings. The Morgan fingerprint density at radius 2 is 1.48 bits per heavy atom. The first-order valence-corrected chi connectivity index (χ1v) is 11.1. The standard InChI is InChI=1S/C21H40N4O2/c1-15-12-25(18-10-21(11-18)27-4)13-16(22-15)7-19-14-24(6-5-23(19)2)17-8-20(9-17)26-3/h15-22H,5-14H2,1-4H3/t15-,16?,17-,18-,19-,20-,21-/m0/s1. The summed E-state index contributed by atoms with van der Waals surface area (Å²) < 4.78 is 11.0. The zero-order chi connectivity index (χ0) is 19.0. The van der Waals surface area contributed by atoms with Crippen LogP contribution in [-0.4, -0.2) is 111 Å². The van der Waals surface area contributed by atoms with Crippen molar-refractivity contribution in [2.24, 2.45) is 0 Å². The van der Waals surface area contributed by atoms with Gasteiger partial charge >= 0.3 is 0 Å². The molecule has 27 heavy (non-hydrogen) atoms. The number of ether oxygens (including phenoxy) is 2. The monoisotopic (exact) mass is 380 g/mol. The number of hydrogen-bond acceptors (Lipinski definition) is 6. The van der Waals surface area contributed by atoms with Crippen LogP contribution >= 0.6 is 0 Å². The second-order valence-electron chi connectivity index (χ2n) is 9.55. The Morgan fingerprint density at radius 1 is 0.852 bits per heavy atom. The molecule has 156 valence electrons. The number of methoxy groups -OCH3 is 2. The number of hydrogen-bond donors (Lipinski definition) is 1. The molecule has 2 aliphatic carbocycles. The van der Waals surface area contributed by atoms with Crippen molar-refractivity contribution in [3.05, 3.63) is 0 Å². The fourth-order valence-electron chi connectivity index (χ4n) is 5.60. The molecule has 4 fully saturated rings. The summed E-state index contributed by atoms with van der Waals surface area (Å²) >= 11 is 0. The molecule has 0 spiro atoms. The Hall–Kier alpha value is -0.240. The fourth-order valence-corrected chi connectivity index (χ4v) is 5.60. The zero-order valence-corrected chi connectivity index (χ0v) is 17.8. The van der Waals surface area contributed by atoms with Gasteiger partial charge in [0, 0.05) is 77.2 Å². The highest BCUT2D eigenvalue weighted by Crippen LogP contribution is 2.31. The minimum Gasteiger partial charge on any atom is -0.381 e. The maximum atomic E-state index is 5.50. The highest BCUT2D eigenvalue weighted by molar-refractivity contribution is 4.97. The van der Waals surface area contributed by atoms with Crippen molar-refractivity contribution in [1.82, 2.24) is 20.0 Å². The first-order valence-electron chi connectivity index (χ1n) is 11.1. The van der Waals surface area contributed by atoms with Gasteiger partial charge in [-0.2, -0.15) is 0 Å². The van der Waals surface area contributed by atoms with Crippen LogP contribution < -0.4 is 5.32 Å². The van der Waals surface area contributed by atoms with E-state index in [1.165, 1.54) is 64.8 Å². The highest BCUT2D eigenvalue weighted by atomic mass is 16.5. The van der Waals surface area contributed by atoms with Gasteiger partial charge in [0.25, 0.3) is 0 Å². The van der Waals surface area contributed by atoms with Crippen LogP contribution in [0.3, 0.4) is 0 Å². The number of nitrogens with zero attached hydrogens (tertiary/aromatic N) is 3. The molecule has 2 aliphatic heterocycles. The lowest BCUT2D eigenvalue weighted by Gasteiger charge is -2.50. The van der Waals surface area contributed by atoms with Crippen molar-refractivity contribution in [3.8, 4) is 0 Å². The summed E-state index contributed by atoms with van der Waals surface area (Å²) in [5, 5.41) is 3.89. The van der Waals surface area contributed by atoms with Crippen molar-refractivity contribution in [1.29, 1.82) is 0 Å². The highest BCUT2D eigenvalue weighted by Gasteiger charge is 2.40. The normalized spacial score (nSPS) is 44.7. The maximum absolute atomic E-state index is 5.50. The first kappa shape index (κ1) is 20.0. The van der Waals surface area contributed by atoms with E-state index in [2.05, 4.69) is 34.0 Å². The lowest BCUT2D eigenvalue weighted by Crippen LogP contribution is -2.64. The number of likely N-dealkylation sites (N-methyl/N-ethyl adjacent to an activating group) is 1. The molecule has 2 saturated heterocycles. The smallest absolute Gasteiger partial charge is 0.0601 e. The predicted octanol–water partition coefficient (Wildman–Crippen LogP) is 1.01. The van der Waals surface area contributed by atoms with E-state index in [0.717, 1.165) is 12.1 Å². The molecular weight excluding hydrogens is 340 g/mol. The average Bonchev–Trinajstić information content (AvgIpc) is 2.55. The molecule has 6 nitrogen and oxygen atoms in total. The summed E-state index contributed by atoms with van der Waals surface area (Å²) in [5.41, 5.74) is 0. The molecule has 1 unspecified atom stereocenters. The van der Waals surface area contributed by atoms with Crippen LogP contribution in [0.1, 0.15) is 39.0 Å². The summed E-state index contributed by atoms with van der Waals surface area (Å²) in [6.45, 7) is 8.37. The molecule has 2 saturated carbocycles. The van der Waals surface area contributed by atoms with Crippen LogP contribution in [0.4, 0.5) is 0 Å². The van der Waals surface area contributed by atoms with Crippen LogP contribution in [0.25, 0.3) is 0 Å². The topological polar surface area (TPSA) is 40.2 Å². The number of nitrogens with one attached hydrogen (secondary N) is 1. The molecule has 3 atom stereocenters. The molecule has 4 rings (SSSR count). The average molecular weight is 381 g/mol. The van der Waals surface area contributed by atoms with Crippen LogP contribution in [0, 0.1) is 0 Å². The van der Waals surface area contributed by atoms with E-state index in [4.69, 9.17) is 9.47 Å². The Balaban J connectivity index is 1.29. The van der Waals surface area contributed by atoms with E-state index in [1.807, 2.05) is 14.2 Å². The third-order valence-corrected chi connectivity index (χ3v) is 7.69. The summed E-state index contributed by atoms with van der Waals surface area (Å²) in [4.78, 5) is 8.06. The van der Waals surface area contributed by atoms with Gasteiger partial charge in [0.05, 0.1) is 12.2 Å². The molecule has 1 N–H and O–H groups in total. The van der Waals surface area contributed by atoms with Gasteiger partial charge in [-0.05, 0) is 46.1 Å². The molecule has 6 heteroatoms. The third kappa shape index (κ3) is 4.51. The lowest BCUT2D eigenvalue weighted by molar-refractivity contribution is -0.0545. The van der Waals surface area contributed by atoms with Crippen molar-refractivity contribution < 1.29 is 9.47 Å². The largest absolute Gasteiger partial charge is 0.381 e. The van der Waals surface area contributed by atoms with E-state index >= 15 is 0 Å². The van der Waals surface area contributed by atoms with Gasteiger partial charge in [0.1, 0.15) is 0 Å². The van der Waals surface area contributed by atoms with Gasteiger partial charge in [0.2, 0.25) is 0 Å². The van der Waals surface area contributed by atoms with Crippen molar-refractivity contribution >= 4 is 0 Å². The summed E-state index contributed by atoms with van der Waals surface area (Å²) in [5.74, 6) is 0. The van der Waals surface area contributed by atoms with Crippen molar-refractivity contribution in [2.75, 3.05) is 54.0 Å². The van der Waals surface area contributed by atoms with Crippen LogP contribution in [0.15, 0.2) is 0 Å². The van der Waals surface area contributed by atoms with E-state index in [9.17, 15) is 0 Å². The maximum Gasteiger partial charge on any atom is 0.0601 e. The third-order valence-electron chi connectivity index (χ3n) is 7.69. The molecule has 0 bridgehead atoms. The SMILES string of the molecule is CO[C@H]1C[C@H](N2CCN(C)[C@@H](CC3CN([C@H]4C[C@H](OC)C4)C[C@H](C)N3)C2)C1. The van der Waals surface area contributed by atoms with Gasteiger partial charge in [-0.15, -0.1) is 0 Å². The number of piperazine rings is 2. The van der Waals surface area contributed by atoms with Crippen molar-refractivity contribution in [2.45, 2.75) is 81.4 Å². The molecular formula is C21H40N4O2. The van der Waals surface area contributed by atoms with Gasteiger partial charge in [0.15, 0.2) is 0 Å². The minimum absolute atomic E-state index is 0.495. The second-order valence-corrected chi connectivity index (χ2v) is 9.55. The zero-order valence-electron chi connectivity index (χ0n) is 17.8. The molecule has 0 aromatic heterocycles. The Bertz CT molecular complexity index is 481.